The summed E-state index contributed by atoms with van der Waals surface area (Å²) in [6.45, 7) is 6.66. The van der Waals surface area contributed by atoms with Crippen LogP contribution in [-0.4, -0.2) is 17.8 Å². The van der Waals surface area contributed by atoms with Crippen molar-refractivity contribution in [3.05, 3.63) is 29.3 Å². The number of anilines is 1. The number of rotatable bonds is 4. The second-order valence-electron chi connectivity index (χ2n) is 3.72. The van der Waals surface area contributed by atoms with Crippen LogP contribution in [0.3, 0.4) is 0 Å². The second-order valence-corrected chi connectivity index (χ2v) is 3.72. The van der Waals surface area contributed by atoms with Gasteiger partial charge in [0.1, 0.15) is 0 Å². The molecule has 0 saturated heterocycles. The van der Waals surface area contributed by atoms with Gasteiger partial charge < -0.3 is 10.4 Å². The summed E-state index contributed by atoms with van der Waals surface area (Å²) in [4.78, 5) is 0. The molecule has 2 nitrogen and oxygen atoms in total. The standard InChI is InChI=1S/C12H19NO/c1-4-11-7-12(6-5-9(11)2)13-8-10(3)14/h5-7,10,13-14H,4,8H2,1-3H3/t10-/m1/s1. The molecular weight excluding hydrogens is 174 g/mol. The minimum absolute atomic E-state index is 0.304. The number of aliphatic hydroxyl groups excluding tert-OH is 1. The molecule has 14 heavy (non-hydrogen) atoms. The fraction of sp³-hybridized carbons (Fsp3) is 0.500. The van der Waals surface area contributed by atoms with Crippen molar-refractivity contribution in [1.29, 1.82) is 0 Å². The van der Waals surface area contributed by atoms with Crippen LogP contribution in [-0.2, 0) is 6.42 Å². The summed E-state index contributed by atoms with van der Waals surface area (Å²) in [5.41, 5.74) is 3.78. The molecule has 0 heterocycles. The number of aliphatic hydroxyl groups is 1. The van der Waals surface area contributed by atoms with Crippen LogP contribution < -0.4 is 5.32 Å². The molecule has 0 bridgehead atoms. The Hall–Kier alpha value is -1.02. The van der Waals surface area contributed by atoms with Gasteiger partial charge in [0.15, 0.2) is 0 Å². The third kappa shape index (κ3) is 3.04. The van der Waals surface area contributed by atoms with Crippen molar-refractivity contribution in [3.63, 3.8) is 0 Å². The van der Waals surface area contributed by atoms with Crippen LogP contribution in [0.25, 0.3) is 0 Å². The summed E-state index contributed by atoms with van der Waals surface area (Å²) in [7, 11) is 0. The molecule has 1 aromatic carbocycles. The van der Waals surface area contributed by atoms with Gasteiger partial charge in [-0.15, -0.1) is 0 Å². The Morgan fingerprint density at radius 3 is 2.71 bits per heavy atom. The first-order chi connectivity index (χ1) is 6.63. The lowest BCUT2D eigenvalue weighted by atomic mass is 10.1. The Balaban J connectivity index is 2.69. The number of benzene rings is 1. The molecule has 2 N–H and O–H groups in total. The molecule has 0 unspecified atom stereocenters. The first-order valence-corrected chi connectivity index (χ1v) is 5.15. The highest BCUT2D eigenvalue weighted by Crippen LogP contribution is 2.15. The molecule has 2 heteroatoms. The predicted octanol–water partition coefficient (Wildman–Crippen LogP) is 2.35. The number of hydrogen-bond acceptors (Lipinski definition) is 2. The third-order valence-corrected chi connectivity index (χ3v) is 2.33. The van der Waals surface area contributed by atoms with Crippen molar-refractivity contribution in [2.75, 3.05) is 11.9 Å². The molecule has 1 aromatic rings. The van der Waals surface area contributed by atoms with Gasteiger partial charge in [0, 0.05) is 12.2 Å². The van der Waals surface area contributed by atoms with Crippen LogP contribution in [0.2, 0.25) is 0 Å². The molecule has 0 spiro atoms. The van der Waals surface area contributed by atoms with E-state index in [0.717, 1.165) is 12.1 Å². The monoisotopic (exact) mass is 193 g/mol. The van der Waals surface area contributed by atoms with Crippen molar-refractivity contribution in [3.8, 4) is 0 Å². The summed E-state index contributed by atoms with van der Waals surface area (Å²) in [5, 5.41) is 12.3. The average Bonchev–Trinajstić information content (AvgIpc) is 2.16. The van der Waals surface area contributed by atoms with E-state index in [1.807, 2.05) is 0 Å². The summed E-state index contributed by atoms with van der Waals surface area (Å²) >= 11 is 0. The highest BCUT2D eigenvalue weighted by atomic mass is 16.3. The zero-order valence-electron chi connectivity index (χ0n) is 9.17. The quantitative estimate of drug-likeness (QED) is 0.769. The Labute approximate surface area is 86.0 Å². The molecule has 0 saturated carbocycles. The largest absolute Gasteiger partial charge is 0.392 e. The van der Waals surface area contributed by atoms with E-state index in [9.17, 15) is 0 Å². The molecule has 0 fully saturated rings. The van der Waals surface area contributed by atoms with Crippen molar-refractivity contribution >= 4 is 5.69 Å². The Bertz CT molecular complexity index is 294. The highest BCUT2D eigenvalue weighted by Gasteiger charge is 1.99. The lowest BCUT2D eigenvalue weighted by Crippen LogP contribution is -2.15. The van der Waals surface area contributed by atoms with E-state index in [1.54, 1.807) is 6.92 Å². The lowest BCUT2D eigenvalue weighted by Gasteiger charge is -2.11. The predicted molar refractivity (Wildman–Crippen MR) is 60.7 cm³/mol. The van der Waals surface area contributed by atoms with Gasteiger partial charge >= 0.3 is 0 Å². The van der Waals surface area contributed by atoms with Gasteiger partial charge in [-0.05, 0) is 43.5 Å². The van der Waals surface area contributed by atoms with E-state index in [-0.39, 0.29) is 6.10 Å². The fourth-order valence-electron chi connectivity index (χ4n) is 1.43. The first kappa shape index (κ1) is 11.1. The maximum absolute atomic E-state index is 9.13. The molecule has 78 valence electrons. The Kier molecular flexibility index (Phi) is 3.96. The van der Waals surface area contributed by atoms with Crippen LogP contribution >= 0.6 is 0 Å². The Morgan fingerprint density at radius 2 is 2.14 bits per heavy atom. The van der Waals surface area contributed by atoms with Gasteiger partial charge in [-0.1, -0.05) is 13.0 Å². The number of hydrogen-bond donors (Lipinski definition) is 2. The van der Waals surface area contributed by atoms with E-state index in [2.05, 4.69) is 37.4 Å². The average molecular weight is 193 g/mol. The number of aryl methyl sites for hydroxylation is 2. The molecule has 1 atom stereocenters. The summed E-state index contributed by atoms with van der Waals surface area (Å²) in [5.74, 6) is 0. The molecule has 0 aliphatic carbocycles. The fourth-order valence-corrected chi connectivity index (χ4v) is 1.43. The maximum Gasteiger partial charge on any atom is 0.0684 e. The third-order valence-electron chi connectivity index (χ3n) is 2.33. The van der Waals surface area contributed by atoms with Gasteiger partial charge in [0.2, 0.25) is 0 Å². The smallest absolute Gasteiger partial charge is 0.0684 e. The van der Waals surface area contributed by atoms with Crippen molar-refractivity contribution < 1.29 is 5.11 Å². The molecule has 0 radical (unpaired) electrons. The molecule has 0 aliphatic rings. The van der Waals surface area contributed by atoms with E-state index in [1.165, 1.54) is 11.1 Å². The van der Waals surface area contributed by atoms with Crippen LogP contribution in [0.5, 0.6) is 0 Å². The van der Waals surface area contributed by atoms with Crippen molar-refractivity contribution in [1.82, 2.24) is 0 Å². The number of nitrogens with one attached hydrogen (secondary N) is 1. The highest BCUT2D eigenvalue weighted by molar-refractivity contribution is 5.48. The van der Waals surface area contributed by atoms with E-state index < -0.39 is 0 Å². The second kappa shape index (κ2) is 5.01. The minimum Gasteiger partial charge on any atom is -0.392 e. The van der Waals surface area contributed by atoms with Crippen molar-refractivity contribution in [2.45, 2.75) is 33.3 Å². The maximum atomic E-state index is 9.13. The van der Waals surface area contributed by atoms with Crippen LogP contribution in [0.1, 0.15) is 25.0 Å². The molecular formula is C12H19NO. The topological polar surface area (TPSA) is 32.3 Å². The van der Waals surface area contributed by atoms with Crippen molar-refractivity contribution in [2.24, 2.45) is 0 Å². The first-order valence-electron chi connectivity index (χ1n) is 5.15. The van der Waals surface area contributed by atoms with E-state index in [0.29, 0.717) is 6.54 Å². The Morgan fingerprint density at radius 1 is 1.43 bits per heavy atom. The van der Waals surface area contributed by atoms with Crippen LogP contribution in [0, 0.1) is 6.92 Å². The zero-order chi connectivity index (χ0) is 10.6. The van der Waals surface area contributed by atoms with E-state index in [4.69, 9.17) is 5.11 Å². The summed E-state index contributed by atoms with van der Waals surface area (Å²) in [6.07, 6.45) is 0.747. The van der Waals surface area contributed by atoms with Gasteiger partial charge in [0.25, 0.3) is 0 Å². The van der Waals surface area contributed by atoms with Gasteiger partial charge in [-0.25, -0.2) is 0 Å². The SMILES string of the molecule is CCc1cc(NC[C@@H](C)O)ccc1C. The zero-order valence-corrected chi connectivity index (χ0v) is 9.17. The van der Waals surface area contributed by atoms with Gasteiger partial charge in [0.05, 0.1) is 6.10 Å². The van der Waals surface area contributed by atoms with Crippen LogP contribution in [0.4, 0.5) is 5.69 Å². The normalized spacial score (nSPS) is 12.6. The molecule has 1 rings (SSSR count). The summed E-state index contributed by atoms with van der Waals surface area (Å²) in [6, 6.07) is 6.32. The minimum atomic E-state index is -0.304. The van der Waals surface area contributed by atoms with E-state index >= 15 is 0 Å². The van der Waals surface area contributed by atoms with Gasteiger partial charge in [-0.3, -0.25) is 0 Å². The van der Waals surface area contributed by atoms with Gasteiger partial charge in [-0.2, -0.15) is 0 Å². The lowest BCUT2D eigenvalue weighted by molar-refractivity contribution is 0.208. The molecule has 0 aromatic heterocycles. The molecule has 0 aliphatic heterocycles. The van der Waals surface area contributed by atoms with Crippen LogP contribution in [0.15, 0.2) is 18.2 Å². The summed E-state index contributed by atoms with van der Waals surface area (Å²) < 4.78 is 0. The molecule has 0 amide bonds.